The predicted molar refractivity (Wildman–Crippen MR) is 539 cm³/mol. The molecule has 0 atom stereocenters. The summed E-state index contributed by atoms with van der Waals surface area (Å²) in [4.78, 5) is 107. The van der Waals surface area contributed by atoms with Gasteiger partial charge in [-0.05, 0) is 169 Å². The normalized spacial score (nSPS) is 16.7. The van der Waals surface area contributed by atoms with Crippen molar-refractivity contribution in [1.29, 1.82) is 0 Å². The lowest BCUT2D eigenvalue weighted by Gasteiger charge is -2.14. The van der Waals surface area contributed by atoms with Crippen molar-refractivity contribution in [2.75, 3.05) is 36.5 Å². The highest BCUT2D eigenvalue weighted by Crippen LogP contribution is 2.44. The quantitative estimate of drug-likeness (QED) is 0.00875. The summed E-state index contributed by atoms with van der Waals surface area (Å²) < 4.78 is 16.5. The van der Waals surface area contributed by atoms with E-state index in [0.717, 1.165) is 52.7 Å². The molecule has 0 unspecified atom stereocenters. The number of halogens is 6. The zero-order chi connectivity index (χ0) is 94.3. The van der Waals surface area contributed by atoms with Crippen molar-refractivity contribution in [2.24, 2.45) is 0 Å². The van der Waals surface area contributed by atoms with E-state index in [1.54, 1.807) is 92.0 Å². The number of para-hydroxylation sites is 1. The molecule has 6 aliphatic heterocycles. The number of nitrogens with zero attached hydrogens (tertiary/aromatic N) is 7. The molecule has 6 amide bonds. The Hall–Kier alpha value is -10.5. The molecule has 6 fully saturated rings. The zero-order valence-corrected chi connectivity index (χ0v) is 80.0. The number of rotatable bonds is 15. The molecule has 6 heterocycles. The van der Waals surface area contributed by atoms with Crippen molar-refractivity contribution >= 4 is 327 Å². The second kappa shape index (κ2) is 45.3. The maximum absolute atomic E-state index is 13.3. The molecule has 129 heavy (non-hydrogen) atoms. The Labute approximate surface area is 819 Å². The summed E-state index contributed by atoms with van der Waals surface area (Å²) in [7, 11) is 1.55. The first-order chi connectivity index (χ1) is 61.2. The standard InChI is InChI=1S/C18H12BrNO4S2.C16H10FNO3S2.C16H11NO3S2.C13H9Cl2NO2S2.C12H11NO3S2.C11H6Cl2N2O3S2/c19-12-4-2-1-3-11(12)15(23)9-20-17(24)16(26-18(20)25)8-10-5-6-13(21)14(22)7-10;17-10-2-1-3-11(8-10)18-15(21)14(23-16(18)22)7-9-4-5-12(19)13(20)6-9;18-12-7-6-10(8-13(12)19)9-14-15(20)17(16(21)22-14)11-4-2-1-3-5-11;1-2-3-16-12(18)10(20-13(16)19)5-7-4-8(14)6-9(15)11(7)17;1-2-13-11(16)10(18-12(13)17)6-7-3-4-8(14)9(15)5-7;1-14-10(16)8(20-11(14)19)4-5-6(12)2-3-7(9(5)13)15(17)18/h1-8,21-22H,9H2;1-8,19-20H;1-9,18-19H;2,4-6,17H,1,3H2;3-6,14-15H,2H2,1H3;2-4H,1H3/b16-8-;14-7-;14-9+;10-5-;10-6+;8-4-. The van der Waals surface area contributed by atoms with E-state index in [1.807, 2.05) is 37.3 Å². The number of phenols is 9. The number of carbonyl (C=O) groups is 7. The lowest BCUT2D eigenvalue weighted by atomic mass is 10.1. The van der Waals surface area contributed by atoms with Crippen LogP contribution in [0.25, 0.3) is 36.5 Å². The number of benzene rings is 9. The number of thioether (sulfide) groups is 6. The fraction of sp³-hybridized carbons (Fsp3) is 0.0581. The van der Waals surface area contributed by atoms with Crippen LogP contribution in [-0.4, -0.2) is 164 Å². The van der Waals surface area contributed by atoms with Crippen molar-refractivity contribution in [3.63, 3.8) is 0 Å². The fourth-order valence-corrected chi connectivity index (χ4v) is 20.4. The number of ketones is 1. The van der Waals surface area contributed by atoms with Crippen molar-refractivity contribution in [3.8, 4) is 51.7 Å². The van der Waals surface area contributed by atoms with Crippen molar-refractivity contribution in [2.45, 2.75) is 6.92 Å². The summed E-state index contributed by atoms with van der Waals surface area (Å²) in [5, 5.41) is 96.5. The SMILES string of the molecule is C=CCN1C(=O)/C(=C/c2cc(Cl)cc(Cl)c2O)SC1=S.CCN1C(=O)/C(=C\c2ccc(O)c(O)c2)SC1=S.CN1C(=O)/C(=C/c2c(Cl)ccc([N+](=O)[O-])c2Cl)SC1=S.O=C(CN1C(=O)/C(=C/c2ccc(O)c(O)c2)SC1=S)c1ccccc1Br.O=C1/C(=C/c2ccc(O)c(O)c2)SC(=S)N1c1cccc(F)c1.O=C1/C(=C\c2ccc(O)c(O)c2)SC(=S)N1c1ccccc1. The number of thiocarbonyl (C=S) groups is 6. The van der Waals surface area contributed by atoms with E-state index in [0.29, 0.717) is 117 Å². The molecule has 0 aliphatic carbocycles. The second-order valence-electron chi connectivity index (χ2n) is 26.1. The van der Waals surface area contributed by atoms with E-state index in [9.17, 15) is 94.0 Å². The van der Waals surface area contributed by atoms with Crippen molar-refractivity contribution < 1.29 is 88.8 Å². The van der Waals surface area contributed by atoms with Crippen LogP contribution in [0.15, 0.2) is 222 Å². The van der Waals surface area contributed by atoms with Crippen LogP contribution < -0.4 is 9.80 Å². The number of aromatic hydroxyl groups is 9. The highest BCUT2D eigenvalue weighted by molar-refractivity contribution is 9.10. The Morgan fingerprint density at radius 2 is 0.868 bits per heavy atom. The average Bonchev–Trinajstić information content (AvgIpc) is 1.63. The van der Waals surface area contributed by atoms with E-state index in [-0.39, 0.29) is 126 Å². The Kier molecular flexibility index (Phi) is 35.4. The van der Waals surface area contributed by atoms with Gasteiger partial charge in [-0.2, -0.15) is 0 Å². The number of carbonyl (C=O) groups excluding carboxylic acids is 7. The van der Waals surface area contributed by atoms with Gasteiger partial charge in [0.15, 0.2) is 60.4 Å². The molecule has 9 aromatic rings. The number of anilines is 2. The average molecular weight is 2100 g/mol. The summed E-state index contributed by atoms with van der Waals surface area (Å²) >= 11 is 64.8. The Bertz CT molecular complexity index is 6430. The molecule has 660 valence electrons. The van der Waals surface area contributed by atoms with E-state index in [2.05, 4.69) is 22.5 Å². The van der Waals surface area contributed by atoms with Gasteiger partial charge in [0, 0.05) is 57.4 Å². The Balaban J connectivity index is 0.000000162. The number of nitro groups is 1. The molecule has 0 spiro atoms. The summed E-state index contributed by atoms with van der Waals surface area (Å²) in [5.74, 6) is -4.24. The topological polar surface area (TPSA) is 364 Å². The molecule has 6 saturated heterocycles. The fourth-order valence-electron chi connectivity index (χ4n) is 11.2. The van der Waals surface area contributed by atoms with Crippen LogP contribution in [0, 0.1) is 15.9 Å². The van der Waals surface area contributed by atoms with Gasteiger partial charge in [-0.25, -0.2) is 4.39 Å². The molecule has 9 N–H and O–H groups in total. The number of likely N-dealkylation sites (N-methyl/N-ethyl adjacent to an activating group) is 2. The largest absolute Gasteiger partial charge is 0.506 e. The van der Waals surface area contributed by atoms with E-state index >= 15 is 0 Å². The minimum atomic E-state index is -0.610. The van der Waals surface area contributed by atoms with Crippen molar-refractivity contribution in [3.05, 3.63) is 297 Å². The monoisotopic (exact) mass is 2100 g/mol. The summed E-state index contributed by atoms with van der Waals surface area (Å²) in [6, 6.07) is 44.6. The minimum Gasteiger partial charge on any atom is -0.506 e. The van der Waals surface area contributed by atoms with Gasteiger partial charge in [-0.15, -0.1) is 6.58 Å². The molecule has 43 heteroatoms. The number of hydrogen-bond donors (Lipinski definition) is 9. The summed E-state index contributed by atoms with van der Waals surface area (Å²) in [6.45, 7) is 6.19. The van der Waals surface area contributed by atoms with E-state index in [1.165, 1.54) is 156 Å². The molecule has 25 nitrogen and oxygen atoms in total. The van der Waals surface area contributed by atoms with Gasteiger partial charge < -0.3 is 46.0 Å². The molecule has 9 aromatic carbocycles. The molecule has 0 bridgehead atoms. The summed E-state index contributed by atoms with van der Waals surface area (Å²) in [6.07, 6.45) is 10.9. The number of nitro benzene ring substituents is 1. The molecule has 0 radical (unpaired) electrons. The molecule has 0 aromatic heterocycles. The van der Waals surface area contributed by atoms with Crippen LogP contribution in [0.5, 0.6) is 51.7 Å². The van der Waals surface area contributed by atoms with E-state index in [4.69, 9.17) is 120 Å². The maximum atomic E-state index is 13.3. The number of amides is 6. The first kappa shape index (κ1) is 101. The number of Topliss-reactive ketones (excluding diaryl/α,β-unsaturated/α-hetero) is 1. The van der Waals surface area contributed by atoms with Crippen LogP contribution in [-0.2, 0) is 28.8 Å². The smallest absolute Gasteiger partial charge is 0.288 e. The third-order valence-corrected chi connectivity index (χ3v) is 27.6. The van der Waals surface area contributed by atoms with Gasteiger partial charge in [0.05, 0.1) is 57.3 Å². The second-order valence-corrected chi connectivity index (χ2v) is 38.7. The Morgan fingerprint density at radius 1 is 0.457 bits per heavy atom. The van der Waals surface area contributed by atoms with Gasteiger partial charge in [-0.1, -0.05) is 279 Å². The highest BCUT2D eigenvalue weighted by atomic mass is 79.9. The molecule has 6 aliphatic rings. The first-order valence-electron chi connectivity index (χ1n) is 36.3. The zero-order valence-electron chi connectivity index (χ0n) is 65.6. The third kappa shape index (κ3) is 25.4. The van der Waals surface area contributed by atoms with Crippen LogP contribution in [0.4, 0.5) is 21.5 Å². The van der Waals surface area contributed by atoms with E-state index < -0.39 is 10.7 Å². The first-order valence-corrected chi connectivity index (χ1v) is 45.9. The molecule has 0 saturated carbocycles. The van der Waals surface area contributed by atoms with Crippen LogP contribution in [0.1, 0.15) is 50.7 Å². The summed E-state index contributed by atoms with van der Waals surface area (Å²) in [5.41, 5.74) is 4.25. The predicted octanol–water partition coefficient (Wildman–Crippen LogP) is 21.2. The van der Waals surface area contributed by atoms with Crippen molar-refractivity contribution in [1.82, 2.24) is 19.6 Å². The van der Waals surface area contributed by atoms with Crippen LogP contribution in [0.2, 0.25) is 20.1 Å². The number of phenolic OH excluding ortho intramolecular Hbond substituents is 9. The van der Waals surface area contributed by atoms with Gasteiger partial charge in [0.1, 0.15) is 33.9 Å². The number of hydrogen-bond acceptors (Lipinski definition) is 30. The maximum Gasteiger partial charge on any atom is 0.288 e. The third-order valence-electron chi connectivity index (χ3n) is 17.5. The van der Waals surface area contributed by atoms with Crippen LogP contribution in [0.3, 0.4) is 0 Å². The minimum absolute atomic E-state index is 0.108. The van der Waals surface area contributed by atoms with Gasteiger partial charge in [0.2, 0.25) is 0 Å². The van der Waals surface area contributed by atoms with Gasteiger partial charge in [-0.3, -0.25) is 73.1 Å². The molecular formula is C86H59BrCl4FN7O18S12. The highest BCUT2D eigenvalue weighted by Gasteiger charge is 2.38. The molecular weight excluding hydrogens is 2040 g/mol. The lowest BCUT2D eigenvalue weighted by molar-refractivity contribution is -0.384. The Morgan fingerprint density at radius 3 is 1.31 bits per heavy atom. The molecule has 15 rings (SSSR count). The van der Waals surface area contributed by atoms with Gasteiger partial charge >= 0.3 is 0 Å². The van der Waals surface area contributed by atoms with Gasteiger partial charge in [0.25, 0.3) is 41.1 Å². The lowest BCUT2D eigenvalue weighted by Crippen LogP contribution is -2.33. The van der Waals surface area contributed by atoms with Crippen LogP contribution >= 0.6 is 206 Å².